The van der Waals surface area contributed by atoms with Crippen molar-refractivity contribution in [3.63, 3.8) is 0 Å². The predicted octanol–water partition coefficient (Wildman–Crippen LogP) is 1.36. The van der Waals surface area contributed by atoms with E-state index in [2.05, 4.69) is 10.3 Å². The lowest BCUT2D eigenvalue weighted by Crippen LogP contribution is -2.33. The summed E-state index contributed by atoms with van der Waals surface area (Å²) in [5, 5.41) is 2.72. The van der Waals surface area contributed by atoms with Crippen LogP contribution in [0.5, 0.6) is 5.75 Å². The second kappa shape index (κ2) is 7.58. The Morgan fingerprint density at radius 3 is 2.70 bits per heavy atom. The minimum Gasteiger partial charge on any atom is -0.484 e. The van der Waals surface area contributed by atoms with Crippen molar-refractivity contribution in [2.75, 3.05) is 13.2 Å². The van der Waals surface area contributed by atoms with Crippen LogP contribution in [-0.4, -0.2) is 28.6 Å². The van der Waals surface area contributed by atoms with Crippen molar-refractivity contribution < 1.29 is 9.53 Å². The highest BCUT2D eigenvalue weighted by molar-refractivity contribution is 5.77. The van der Waals surface area contributed by atoms with Gasteiger partial charge in [0.25, 0.3) is 11.5 Å². The molecule has 1 N–H and O–H groups in total. The number of rotatable bonds is 6. The normalized spacial score (nSPS) is 10.4. The molecule has 0 fully saturated rings. The molecule has 6 heteroatoms. The number of carbonyl (C=O) groups is 1. The van der Waals surface area contributed by atoms with Gasteiger partial charge in [-0.3, -0.25) is 14.2 Å². The van der Waals surface area contributed by atoms with Crippen LogP contribution in [0.1, 0.15) is 16.8 Å². The molecule has 1 amide bonds. The standard InChI is InChI=1S/C17H21N3O3/c1-12-4-5-15(8-13(12)2)23-10-16(21)18-6-7-20-11-19-14(3)9-17(20)22/h4-5,8-9,11H,6-7,10H2,1-3H3,(H,18,21). The third kappa shape index (κ3) is 4.95. The van der Waals surface area contributed by atoms with E-state index in [0.29, 0.717) is 24.5 Å². The van der Waals surface area contributed by atoms with Crippen molar-refractivity contribution in [2.24, 2.45) is 0 Å². The lowest BCUT2D eigenvalue weighted by Gasteiger charge is -2.10. The van der Waals surface area contributed by atoms with Crippen molar-refractivity contribution >= 4 is 5.91 Å². The van der Waals surface area contributed by atoms with Crippen LogP contribution in [0.15, 0.2) is 35.4 Å². The Labute approximate surface area is 135 Å². The van der Waals surface area contributed by atoms with E-state index < -0.39 is 0 Å². The monoisotopic (exact) mass is 315 g/mol. The van der Waals surface area contributed by atoms with Gasteiger partial charge in [0.05, 0.1) is 6.33 Å². The van der Waals surface area contributed by atoms with Crippen LogP contribution in [0.3, 0.4) is 0 Å². The summed E-state index contributed by atoms with van der Waals surface area (Å²) in [6.45, 7) is 6.45. The van der Waals surface area contributed by atoms with Crippen LogP contribution in [-0.2, 0) is 11.3 Å². The van der Waals surface area contributed by atoms with Crippen LogP contribution in [0.4, 0.5) is 0 Å². The van der Waals surface area contributed by atoms with Gasteiger partial charge in [-0.25, -0.2) is 4.98 Å². The topological polar surface area (TPSA) is 73.2 Å². The van der Waals surface area contributed by atoms with Crippen molar-refractivity contribution in [3.8, 4) is 5.75 Å². The van der Waals surface area contributed by atoms with Gasteiger partial charge in [0, 0.05) is 24.8 Å². The van der Waals surface area contributed by atoms with Crippen molar-refractivity contribution in [1.82, 2.24) is 14.9 Å². The quantitative estimate of drug-likeness (QED) is 0.873. The molecule has 1 heterocycles. The molecule has 2 aromatic rings. The predicted molar refractivity (Wildman–Crippen MR) is 87.7 cm³/mol. The van der Waals surface area contributed by atoms with Gasteiger partial charge in [0.15, 0.2) is 6.61 Å². The summed E-state index contributed by atoms with van der Waals surface area (Å²) in [6.07, 6.45) is 1.48. The summed E-state index contributed by atoms with van der Waals surface area (Å²) in [5.74, 6) is 0.443. The summed E-state index contributed by atoms with van der Waals surface area (Å²) >= 11 is 0. The van der Waals surface area contributed by atoms with Crippen molar-refractivity contribution in [3.05, 3.63) is 57.8 Å². The molecule has 0 unspecified atom stereocenters. The Morgan fingerprint density at radius 1 is 1.22 bits per heavy atom. The van der Waals surface area contributed by atoms with Gasteiger partial charge < -0.3 is 10.1 Å². The minimum absolute atomic E-state index is 0.0520. The maximum absolute atomic E-state index is 11.8. The molecule has 23 heavy (non-hydrogen) atoms. The highest BCUT2D eigenvalue weighted by Gasteiger charge is 2.04. The number of nitrogens with one attached hydrogen (secondary N) is 1. The van der Waals surface area contributed by atoms with Gasteiger partial charge in [0.2, 0.25) is 0 Å². The number of amides is 1. The molecule has 0 aliphatic rings. The van der Waals surface area contributed by atoms with E-state index in [-0.39, 0.29) is 18.1 Å². The largest absolute Gasteiger partial charge is 0.484 e. The summed E-state index contributed by atoms with van der Waals surface area (Å²) in [7, 11) is 0. The molecule has 0 saturated carbocycles. The fourth-order valence-electron chi connectivity index (χ4n) is 2.00. The Kier molecular flexibility index (Phi) is 5.51. The molecule has 6 nitrogen and oxygen atoms in total. The molecular formula is C17H21N3O3. The third-order valence-electron chi connectivity index (χ3n) is 3.54. The Bertz CT molecular complexity index is 753. The molecule has 0 radical (unpaired) electrons. The van der Waals surface area contributed by atoms with E-state index >= 15 is 0 Å². The molecule has 1 aromatic carbocycles. The second-order valence-corrected chi connectivity index (χ2v) is 5.45. The maximum atomic E-state index is 11.8. The van der Waals surface area contributed by atoms with Crippen LogP contribution < -0.4 is 15.6 Å². The number of hydrogen-bond acceptors (Lipinski definition) is 4. The summed E-state index contributed by atoms with van der Waals surface area (Å²) in [6, 6.07) is 7.16. The Morgan fingerprint density at radius 2 is 2.00 bits per heavy atom. The van der Waals surface area contributed by atoms with Crippen molar-refractivity contribution in [2.45, 2.75) is 27.3 Å². The smallest absolute Gasteiger partial charge is 0.258 e. The number of benzene rings is 1. The fourth-order valence-corrected chi connectivity index (χ4v) is 2.00. The zero-order valence-electron chi connectivity index (χ0n) is 13.6. The summed E-state index contributed by atoms with van der Waals surface area (Å²) in [4.78, 5) is 27.5. The number of ether oxygens (including phenoxy) is 1. The lowest BCUT2D eigenvalue weighted by atomic mass is 10.1. The molecule has 0 spiro atoms. The van der Waals surface area contributed by atoms with E-state index in [0.717, 1.165) is 5.56 Å². The molecule has 2 rings (SSSR count). The number of nitrogens with zero attached hydrogens (tertiary/aromatic N) is 2. The van der Waals surface area contributed by atoms with Crippen molar-refractivity contribution in [1.29, 1.82) is 0 Å². The first-order valence-electron chi connectivity index (χ1n) is 7.45. The maximum Gasteiger partial charge on any atom is 0.258 e. The second-order valence-electron chi connectivity index (χ2n) is 5.45. The molecule has 0 saturated heterocycles. The zero-order chi connectivity index (χ0) is 16.8. The molecular weight excluding hydrogens is 294 g/mol. The number of aromatic nitrogens is 2. The van der Waals surface area contributed by atoms with Crippen LogP contribution >= 0.6 is 0 Å². The molecule has 122 valence electrons. The molecule has 1 aromatic heterocycles. The van der Waals surface area contributed by atoms with E-state index in [1.165, 1.54) is 22.5 Å². The number of aryl methyl sites for hydroxylation is 3. The van der Waals surface area contributed by atoms with Crippen LogP contribution in [0.2, 0.25) is 0 Å². The van der Waals surface area contributed by atoms with Gasteiger partial charge in [-0.2, -0.15) is 0 Å². The fraction of sp³-hybridized carbons (Fsp3) is 0.353. The number of hydrogen-bond donors (Lipinski definition) is 1. The molecule has 0 aliphatic heterocycles. The summed E-state index contributed by atoms with van der Waals surface area (Å²) in [5.41, 5.74) is 2.85. The lowest BCUT2D eigenvalue weighted by molar-refractivity contribution is -0.123. The summed E-state index contributed by atoms with van der Waals surface area (Å²) < 4.78 is 6.91. The SMILES string of the molecule is Cc1cc(=O)n(CCNC(=O)COc2ccc(C)c(C)c2)cn1. The van der Waals surface area contributed by atoms with E-state index in [1.807, 2.05) is 32.0 Å². The first-order chi connectivity index (χ1) is 11.0. The van der Waals surface area contributed by atoms with Gasteiger partial charge in [-0.05, 0) is 44.0 Å². The van der Waals surface area contributed by atoms with Gasteiger partial charge in [0.1, 0.15) is 5.75 Å². The molecule has 0 atom stereocenters. The van der Waals surface area contributed by atoms with E-state index in [9.17, 15) is 9.59 Å². The molecule has 0 bridgehead atoms. The van der Waals surface area contributed by atoms with Gasteiger partial charge >= 0.3 is 0 Å². The van der Waals surface area contributed by atoms with E-state index in [1.54, 1.807) is 6.92 Å². The third-order valence-corrected chi connectivity index (χ3v) is 3.54. The minimum atomic E-state index is -0.226. The average molecular weight is 315 g/mol. The highest BCUT2D eigenvalue weighted by atomic mass is 16.5. The Hall–Kier alpha value is -2.63. The van der Waals surface area contributed by atoms with Gasteiger partial charge in [-0.1, -0.05) is 6.07 Å². The average Bonchev–Trinajstić information content (AvgIpc) is 2.50. The first kappa shape index (κ1) is 16.7. The highest BCUT2D eigenvalue weighted by Crippen LogP contribution is 2.16. The van der Waals surface area contributed by atoms with Crippen LogP contribution in [0, 0.1) is 20.8 Å². The Balaban J connectivity index is 1.76. The zero-order valence-corrected chi connectivity index (χ0v) is 13.6. The number of carbonyl (C=O) groups excluding carboxylic acids is 1. The first-order valence-corrected chi connectivity index (χ1v) is 7.45. The molecule has 0 aliphatic carbocycles. The van der Waals surface area contributed by atoms with E-state index in [4.69, 9.17) is 4.74 Å². The van der Waals surface area contributed by atoms with Gasteiger partial charge in [-0.15, -0.1) is 0 Å². The van der Waals surface area contributed by atoms with Crippen LogP contribution in [0.25, 0.3) is 0 Å².